The summed E-state index contributed by atoms with van der Waals surface area (Å²) in [5.41, 5.74) is 0. The largest absolute Gasteiger partial charge is 0.373 e. The first-order valence-corrected chi connectivity index (χ1v) is 3.00. The highest BCUT2D eigenvalue weighted by Crippen LogP contribution is 2.06. The van der Waals surface area contributed by atoms with Crippen LogP contribution >= 0.6 is 0 Å². The maximum atomic E-state index is 11.4. The first-order chi connectivity index (χ1) is 4.33. The lowest BCUT2D eigenvalue weighted by atomic mass is 10.1. The van der Waals surface area contributed by atoms with E-state index in [-0.39, 0.29) is 12.7 Å². The van der Waals surface area contributed by atoms with Crippen LogP contribution in [-0.2, 0) is 4.74 Å². The normalized spacial score (nSPS) is 21.9. The molecule has 0 aromatic carbocycles. The summed E-state index contributed by atoms with van der Waals surface area (Å²) >= 11 is 0. The number of ether oxygens (including phenoxy) is 1. The Bertz CT molecular complexity index is 87.0. The topological polar surface area (TPSA) is 12.5 Å². The van der Waals surface area contributed by atoms with Gasteiger partial charge < -0.3 is 9.55 Å². The number of hydrogen-bond acceptors (Lipinski definition) is 2. The molecule has 1 rings (SSSR count). The van der Waals surface area contributed by atoms with E-state index in [1.807, 2.05) is 0 Å². The van der Waals surface area contributed by atoms with Gasteiger partial charge in [0.1, 0.15) is 6.67 Å². The molecule has 0 saturated carbocycles. The molecular formula is C5H9BFNO. The van der Waals surface area contributed by atoms with Crippen LogP contribution in [-0.4, -0.2) is 45.3 Å². The van der Waals surface area contributed by atoms with Crippen LogP contribution in [0.15, 0.2) is 0 Å². The fraction of sp³-hybridized carbons (Fsp3) is 1.00. The van der Waals surface area contributed by atoms with Gasteiger partial charge in [0.25, 0.3) is 0 Å². The van der Waals surface area contributed by atoms with Crippen molar-refractivity contribution in [1.82, 2.24) is 4.81 Å². The first-order valence-electron chi connectivity index (χ1n) is 3.00. The zero-order valence-electron chi connectivity index (χ0n) is 5.22. The third-order valence-electron chi connectivity index (χ3n) is 1.31. The van der Waals surface area contributed by atoms with Gasteiger partial charge in [-0.1, -0.05) is 0 Å². The third kappa shape index (κ3) is 1.95. The van der Waals surface area contributed by atoms with Crippen molar-refractivity contribution >= 4 is 7.98 Å². The standard InChI is InChI=1S/C5H9BFNO/c6-8-3-5(4-8)9-2-1-7/h5H,1-4H2. The molecule has 0 aromatic rings. The minimum absolute atomic E-state index is 0.172. The molecule has 1 heterocycles. The summed E-state index contributed by atoms with van der Waals surface area (Å²) in [6.07, 6.45) is 0.172. The van der Waals surface area contributed by atoms with Gasteiger partial charge in [0.15, 0.2) is 7.98 Å². The lowest BCUT2D eigenvalue weighted by molar-refractivity contribution is -0.0240. The van der Waals surface area contributed by atoms with E-state index in [0.717, 1.165) is 13.1 Å². The lowest BCUT2D eigenvalue weighted by Crippen LogP contribution is -2.50. The summed E-state index contributed by atoms with van der Waals surface area (Å²) in [6.45, 7) is 1.28. The van der Waals surface area contributed by atoms with Crippen LogP contribution in [0, 0.1) is 0 Å². The quantitative estimate of drug-likeness (QED) is 0.486. The second-order valence-corrected chi connectivity index (χ2v) is 2.14. The van der Waals surface area contributed by atoms with E-state index < -0.39 is 6.67 Å². The number of alkyl halides is 1. The van der Waals surface area contributed by atoms with Gasteiger partial charge in [-0.3, -0.25) is 0 Å². The molecule has 0 bridgehead atoms. The zero-order chi connectivity index (χ0) is 6.69. The third-order valence-corrected chi connectivity index (χ3v) is 1.31. The molecular weight excluding hydrogens is 120 g/mol. The van der Waals surface area contributed by atoms with Crippen molar-refractivity contribution in [3.63, 3.8) is 0 Å². The molecule has 0 aromatic heterocycles. The smallest absolute Gasteiger partial charge is 0.182 e. The van der Waals surface area contributed by atoms with Gasteiger partial charge in [-0.05, 0) is 0 Å². The molecule has 0 atom stereocenters. The number of hydrogen-bond donors (Lipinski definition) is 0. The van der Waals surface area contributed by atoms with E-state index in [0.29, 0.717) is 0 Å². The fourth-order valence-electron chi connectivity index (χ4n) is 0.786. The van der Waals surface area contributed by atoms with Crippen LogP contribution in [0.25, 0.3) is 0 Å². The van der Waals surface area contributed by atoms with Gasteiger partial charge in [0.05, 0.1) is 12.7 Å². The summed E-state index contributed by atoms with van der Waals surface area (Å²) < 4.78 is 16.4. The second-order valence-electron chi connectivity index (χ2n) is 2.14. The molecule has 1 saturated heterocycles. The van der Waals surface area contributed by atoms with E-state index in [9.17, 15) is 4.39 Å². The van der Waals surface area contributed by atoms with Crippen LogP contribution in [0.4, 0.5) is 4.39 Å². The van der Waals surface area contributed by atoms with E-state index in [4.69, 9.17) is 12.7 Å². The molecule has 2 nitrogen and oxygen atoms in total. The Kier molecular flexibility index (Phi) is 2.48. The predicted molar refractivity (Wildman–Crippen MR) is 33.0 cm³/mol. The Labute approximate surface area is 55.4 Å². The number of halogens is 1. The Morgan fingerprint density at radius 3 is 2.78 bits per heavy atom. The molecule has 9 heavy (non-hydrogen) atoms. The maximum Gasteiger partial charge on any atom is 0.182 e. The zero-order valence-corrected chi connectivity index (χ0v) is 5.22. The van der Waals surface area contributed by atoms with Gasteiger partial charge >= 0.3 is 0 Å². The molecule has 1 fully saturated rings. The summed E-state index contributed by atoms with van der Waals surface area (Å²) in [4.78, 5) is 1.64. The van der Waals surface area contributed by atoms with E-state index in [1.165, 1.54) is 0 Å². The highest BCUT2D eigenvalue weighted by molar-refractivity contribution is 6.04. The number of nitrogens with zero attached hydrogens (tertiary/aromatic N) is 1. The maximum absolute atomic E-state index is 11.4. The molecule has 1 aliphatic rings. The average Bonchev–Trinajstić information content (AvgIpc) is 1.78. The highest BCUT2D eigenvalue weighted by atomic mass is 19.1. The van der Waals surface area contributed by atoms with Crippen LogP contribution < -0.4 is 0 Å². The first kappa shape index (κ1) is 7.03. The van der Waals surface area contributed by atoms with Gasteiger partial charge in [-0.2, -0.15) is 0 Å². The van der Waals surface area contributed by atoms with Crippen molar-refractivity contribution in [2.45, 2.75) is 6.10 Å². The second kappa shape index (κ2) is 3.18. The van der Waals surface area contributed by atoms with Crippen LogP contribution in [0.3, 0.4) is 0 Å². The van der Waals surface area contributed by atoms with Crippen LogP contribution in [0.2, 0.25) is 0 Å². The van der Waals surface area contributed by atoms with E-state index in [2.05, 4.69) is 0 Å². The summed E-state index contributed by atoms with van der Waals surface area (Å²) in [6, 6.07) is 0. The minimum atomic E-state index is -0.402. The van der Waals surface area contributed by atoms with Crippen molar-refractivity contribution in [2.24, 2.45) is 0 Å². The predicted octanol–water partition coefficient (Wildman–Crippen LogP) is -0.260. The Balaban J connectivity index is 1.91. The number of rotatable bonds is 3. The van der Waals surface area contributed by atoms with Gasteiger partial charge in [0.2, 0.25) is 0 Å². The average molecular weight is 129 g/mol. The molecule has 0 N–H and O–H groups in total. The van der Waals surface area contributed by atoms with Gasteiger partial charge in [-0.15, -0.1) is 0 Å². The minimum Gasteiger partial charge on any atom is -0.373 e. The molecule has 50 valence electrons. The summed E-state index contributed by atoms with van der Waals surface area (Å²) in [5.74, 6) is 0. The van der Waals surface area contributed by atoms with E-state index in [1.54, 1.807) is 4.81 Å². The monoisotopic (exact) mass is 129 g/mol. The van der Waals surface area contributed by atoms with Crippen LogP contribution in [0.5, 0.6) is 0 Å². The summed E-state index contributed by atoms with van der Waals surface area (Å²) in [7, 11) is 5.30. The van der Waals surface area contributed by atoms with Crippen molar-refractivity contribution in [3.05, 3.63) is 0 Å². The lowest BCUT2D eigenvalue weighted by Gasteiger charge is -2.36. The Morgan fingerprint density at radius 2 is 2.33 bits per heavy atom. The van der Waals surface area contributed by atoms with Crippen molar-refractivity contribution in [1.29, 1.82) is 0 Å². The Morgan fingerprint density at radius 1 is 1.67 bits per heavy atom. The molecule has 0 spiro atoms. The van der Waals surface area contributed by atoms with Crippen molar-refractivity contribution < 1.29 is 9.13 Å². The van der Waals surface area contributed by atoms with Gasteiger partial charge in [0, 0.05) is 13.1 Å². The molecule has 1 aliphatic heterocycles. The molecule has 0 unspecified atom stereocenters. The van der Waals surface area contributed by atoms with Crippen molar-refractivity contribution in [2.75, 3.05) is 26.4 Å². The molecule has 0 aliphatic carbocycles. The molecule has 2 radical (unpaired) electrons. The highest BCUT2D eigenvalue weighted by Gasteiger charge is 2.22. The summed E-state index contributed by atoms with van der Waals surface area (Å²) in [5, 5.41) is 0. The molecule has 4 heteroatoms. The SMILES string of the molecule is [B]N1CC(OCCF)C1. The van der Waals surface area contributed by atoms with E-state index >= 15 is 0 Å². The van der Waals surface area contributed by atoms with Gasteiger partial charge in [-0.25, -0.2) is 4.39 Å². The fourth-order valence-corrected chi connectivity index (χ4v) is 0.786. The Hall–Kier alpha value is -0.0851. The van der Waals surface area contributed by atoms with Crippen molar-refractivity contribution in [3.8, 4) is 0 Å². The molecule has 0 amide bonds. The van der Waals surface area contributed by atoms with Crippen LogP contribution in [0.1, 0.15) is 0 Å².